The summed E-state index contributed by atoms with van der Waals surface area (Å²) in [5.74, 6) is 0.260. The molecule has 96 valence electrons. The molecule has 0 aliphatic rings. The predicted octanol–water partition coefficient (Wildman–Crippen LogP) is 2.31. The summed E-state index contributed by atoms with van der Waals surface area (Å²) < 4.78 is 0. The molecule has 3 N–H and O–H groups in total. The van der Waals surface area contributed by atoms with Gasteiger partial charge in [0.05, 0.1) is 5.56 Å². The fourth-order valence-corrected chi connectivity index (χ4v) is 1.43. The van der Waals surface area contributed by atoms with Crippen LogP contribution < -0.4 is 11.1 Å². The first kappa shape index (κ1) is 14.0. The molecule has 1 aromatic heterocycles. The molecule has 0 radical (unpaired) electrons. The first-order chi connectivity index (χ1) is 8.63. The number of nitrogens with zero attached hydrogens (tertiary/aromatic N) is 1. The molecule has 0 bridgehead atoms. The second kappa shape index (κ2) is 7.27. The Morgan fingerprint density at radius 3 is 2.89 bits per heavy atom. The van der Waals surface area contributed by atoms with Gasteiger partial charge in [-0.25, -0.2) is 4.98 Å². The molecular formula is C14H19N3O. The molecule has 1 amide bonds. The number of pyridine rings is 1. The van der Waals surface area contributed by atoms with Crippen molar-refractivity contribution in [1.29, 1.82) is 0 Å². The largest absolute Gasteiger partial charge is 0.384 e. The maximum absolute atomic E-state index is 11.7. The molecule has 0 unspecified atom stereocenters. The van der Waals surface area contributed by atoms with E-state index in [4.69, 9.17) is 5.73 Å². The minimum Gasteiger partial charge on any atom is -0.384 e. The van der Waals surface area contributed by atoms with Crippen molar-refractivity contribution in [2.24, 2.45) is 0 Å². The highest BCUT2D eigenvalue weighted by atomic mass is 16.1. The minimum atomic E-state index is -0.149. The van der Waals surface area contributed by atoms with E-state index in [0.29, 0.717) is 17.9 Å². The summed E-state index contributed by atoms with van der Waals surface area (Å²) in [6, 6.07) is 3.27. The van der Waals surface area contributed by atoms with Crippen molar-refractivity contribution < 1.29 is 4.79 Å². The number of hydrogen-bond donors (Lipinski definition) is 2. The highest BCUT2D eigenvalue weighted by molar-refractivity contribution is 5.94. The molecule has 0 fully saturated rings. The molecular weight excluding hydrogens is 226 g/mol. The Labute approximate surface area is 108 Å². The lowest BCUT2D eigenvalue weighted by Crippen LogP contribution is -2.23. The van der Waals surface area contributed by atoms with E-state index in [-0.39, 0.29) is 5.91 Å². The van der Waals surface area contributed by atoms with Crippen molar-refractivity contribution in [3.63, 3.8) is 0 Å². The van der Waals surface area contributed by atoms with Gasteiger partial charge in [-0.05, 0) is 25.5 Å². The van der Waals surface area contributed by atoms with Crippen LogP contribution in [0.25, 0.3) is 0 Å². The number of nitrogen functional groups attached to an aromatic ring is 1. The number of carbonyl (C=O) groups is 1. The summed E-state index contributed by atoms with van der Waals surface area (Å²) in [6.45, 7) is 4.62. The molecule has 0 aliphatic heterocycles. The molecule has 1 heterocycles. The first-order valence-electron chi connectivity index (χ1n) is 5.96. The normalized spacial score (nSPS) is 11.8. The van der Waals surface area contributed by atoms with Crippen LogP contribution in [0.5, 0.6) is 0 Å². The molecule has 1 rings (SSSR count). The number of anilines is 1. The molecule has 0 spiro atoms. The van der Waals surface area contributed by atoms with Crippen LogP contribution in [-0.2, 0) is 0 Å². The van der Waals surface area contributed by atoms with Crippen LogP contribution in [0.2, 0.25) is 0 Å². The SMILES string of the molecule is CCC=C(C)C=CCNC(=O)c1ccc(N)nc1. The molecule has 4 heteroatoms. The lowest BCUT2D eigenvalue weighted by molar-refractivity contribution is 0.0957. The fourth-order valence-electron chi connectivity index (χ4n) is 1.43. The van der Waals surface area contributed by atoms with Crippen LogP contribution in [-0.4, -0.2) is 17.4 Å². The number of nitrogens with one attached hydrogen (secondary N) is 1. The zero-order chi connectivity index (χ0) is 13.4. The molecule has 4 nitrogen and oxygen atoms in total. The zero-order valence-corrected chi connectivity index (χ0v) is 10.8. The molecule has 0 atom stereocenters. The van der Waals surface area contributed by atoms with Gasteiger partial charge in [-0.1, -0.05) is 30.7 Å². The van der Waals surface area contributed by atoms with Gasteiger partial charge in [-0.15, -0.1) is 0 Å². The van der Waals surface area contributed by atoms with Crippen molar-refractivity contribution >= 4 is 11.7 Å². The van der Waals surface area contributed by atoms with Gasteiger partial charge in [-0.3, -0.25) is 4.79 Å². The third-order valence-electron chi connectivity index (χ3n) is 2.34. The predicted molar refractivity (Wildman–Crippen MR) is 74.2 cm³/mol. The topological polar surface area (TPSA) is 68.0 Å². The number of carbonyl (C=O) groups excluding carboxylic acids is 1. The second-order valence-electron chi connectivity index (χ2n) is 3.94. The number of hydrogen-bond acceptors (Lipinski definition) is 3. The Balaban J connectivity index is 2.42. The highest BCUT2D eigenvalue weighted by Crippen LogP contribution is 2.01. The molecule has 0 saturated heterocycles. The highest BCUT2D eigenvalue weighted by Gasteiger charge is 2.03. The van der Waals surface area contributed by atoms with Crippen molar-refractivity contribution in [2.75, 3.05) is 12.3 Å². The van der Waals surface area contributed by atoms with Gasteiger partial charge < -0.3 is 11.1 Å². The van der Waals surface area contributed by atoms with E-state index >= 15 is 0 Å². The number of nitrogens with two attached hydrogens (primary N) is 1. The van der Waals surface area contributed by atoms with E-state index in [0.717, 1.165) is 6.42 Å². The van der Waals surface area contributed by atoms with Gasteiger partial charge >= 0.3 is 0 Å². The number of rotatable bonds is 5. The van der Waals surface area contributed by atoms with Crippen LogP contribution in [0.4, 0.5) is 5.82 Å². The number of amides is 1. The number of aromatic nitrogens is 1. The van der Waals surface area contributed by atoms with E-state index < -0.39 is 0 Å². The molecule has 0 saturated carbocycles. The first-order valence-corrected chi connectivity index (χ1v) is 5.96. The Bertz CT molecular complexity index is 447. The maximum Gasteiger partial charge on any atom is 0.253 e. The van der Waals surface area contributed by atoms with Crippen LogP contribution >= 0.6 is 0 Å². The average molecular weight is 245 g/mol. The van der Waals surface area contributed by atoms with Gasteiger partial charge in [0.15, 0.2) is 0 Å². The van der Waals surface area contributed by atoms with E-state index in [1.54, 1.807) is 12.1 Å². The van der Waals surface area contributed by atoms with Gasteiger partial charge in [0.25, 0.3) is 5.91 Å². The Morgan fingerprint density at radius 2 is 2.28 bits per heavy atom. The quantitative estimate of drug-likeness (QED) is 0.782. The lowest BCUT2D eigenvalue weighted by atomic mass is 10.2. The van der Waals surface area contributed by atoms with E-state index in [1.807, 2.05) is 19.1 Å². The van der Waals surface area contributed by atoms with Gasteiger partial charge in [-0.2, -0.15) is 0 Å². The Kier molecular flexibility index (Phi) is 5.64. The third kappa shape index (κ3) is 4.82. The lowest BCUT2D eigenvalue weighted by Gasteiger charge is -2.02. The molecule has 0 aliphatic carbocycles. The summed E-state index contributed by atoms with van der Waals surface area (Å²) in [6.07, 6.45) is 8.52. The van der Waals surface area contributed by atoms with Crippen LogP contribution in [0, 0.1) is 0 Å². The average Bonchev–Trinajstić information content (AvgIpc) is 2.35. The Morgan fingerprint density at radius 1 is 1.50 bits per heavy atom. The summed E-state index contributed by atoms with van der Waals surface area (Å²) in [4.78, 5) is 15.6. The third-order valence-corrected chi connectivity index (χ3v) is 2.34. The molecule has 0 aromatic carbocycles. The zero-order valence-electron chi connectivity index (χ0n) is 10.8. The van der Waals surface area contributed by atoms with E-state index in [2.05, 4.69) is 23.3 Å². The molecule has 1 aromatic rings. The second-order valence-corrected chi connectivity index (χ2v) is 3.94. The summed E-state index contributed by atoms with van der Waals surface area (Å²) in [7, 11) is 0. The fraction of sp³-hybridized carbons (Fsp3) is 0.286. The van der Waals surface area contributed by atoms with E-state index in [9.17, 15) is 4.79 Å². The van der Waals surface area contributed by atoms with Crippen LogP contribution in [0.15, 0.2) is 42.1 Å². The molecule has 18 heavy (non-hydrogen) atoms. The minimum absolute atomic E-state index is 0.149. The number of allylic oxidation sites excluding steroid dienone is 3. The smallest absolute Gasteiger partial charge is 0.253 e. The maximum atomic E-state index is 11.7. The van der Waals surface area contributed by atoms with Crippen molar-refractivity contribution in [3.05, 3.63) is 47.7 Å². The van der Waals surface area contributed by atoms with Crippen LogP contribution in [0.3, 0.4) is 0 Å². The monoisotopic (exact) mass is 245 g/mol. The standard InChI is InChI=1S/C14H19N3O/c1-3-5-11(2)6-4-9-16-14(18)12-7-8-13(15)17-10-12/h4-8,10H,3,9H2,1-2H3,(H2,15,17)(H,16,18). The van der Waals surface area contributed by atoms with Crippen molar-refractivity contribution in [2.45, 2.75) is 20.3 Å². The Hall–Kier alpha value is -2.10. The van der Waals surface area contributed by atoms with Gasteiger partial charge in [0, 0.05) is 12.7 Å². The summed E-state index contributed by atoms with van der Waals surface area (Å²) >= 11 is 0. The van der Waals surface area contributed by atoms with Gasteiger partial charge in [0.2, 0.25) is 0 Å². The van der Waals surface area contributed by atoms with E-state index in [1.165, 1.54) is 11.8 Å². The summed E-state index contributed by atoms with van der Waals surface area (Å²) in [5, 5.41) is 2.78. The summed E-state index contributed by atoms with van der Waals surface area (Å²) in [5.41, 5.74) is 7.16. The van der Waals surface area contributed by atoms with Gasteiger partial charge in [0.1, 0.15) is 5.82 Å². The van der Waals surface area contributed by atoms with Crippen LogP contribution in [0.1, 0.15) is 30.6 Å². The van der Waals surface area contributed by atoms with Crippen molar-refractivity contribution in [1.82, 2.24) is 10.3 Å². The van der Waals surface area contributed by atoms with Crippen molar-refractivity contribution in [3.8, 4) is 0 Å².